The number of thiazole rings is 1. The van der Waals surface area contributed by atoms with Gasteiger partial charge in [0.25, 0.3) is 5.91 Å². The number of quaternary nitrogens is 1. The maximum atomic E-state index is 12.1. The Balaban J connectivity index is 1.58. The van der Waals surface area contributed by atoms with E-state index in [0.717, 1.165) is 33.2 Å². The molecule has 0 fully saturated rings. The van der Waals surface area contributed by atoms with Crippen molar-refractivity contribution in [2.75, 3.05) is 18.9 Å². The molecular formula is C18H20N3OS+. The van der Waals surface area contributed by atoms with E-state index in [9.17, 15) is 4.79 Å². The summed E-state index contributed by atoms with van der Waals surface area (Å²) in [5.74, 6) is 0.0224. The number of nitrogens with one attached hydrogen (secondary N) is 2. The molecular weight excluding hydrogens is 306 g/mol. The summed E-state index contributed by atoms with van der Waals surface area (Å²) in [6.45, 7) is 3.19. The van der Waals surface area contributed by atoms with Crippen molar-refractivity contribution >= 4 is 33.1 Å². The fourth-order valence-electron chi connectivity index (χ4n) is 2.52. The van der Waals surface area contributed by atoms with Crippen LogP contribution >= 0.6 is 11.3 Å². The summed E-state index contributed by atoms with van der Waals surface area (Å²) >= 11 is 1.69. The van der Waals surface area contributed by atoms with Crippen LogP contribution in [0.4, 0.5) is 5.69 Å². The number of benzene rings is 2. The second-order valence-corrected chi connectivity index (χ2v) is 6.92. The standard InChI is InChI=1S/C18H19N3OS/c1-13-6-5-7-14(10-13)19-17(22)11-21(2)12-18-20-15-8-3-4-9-16(15)23-18/h3-10H,11-12H2,1-2H3,(H,19,22)/p+1. The van der Waals surface area contributed by atoms with Crippen LogP contribution < -0.4 is 10.2 Å². The zero-order valence-electron chi connectivity index (χ0n) is 13.3. The van der Waals surface area contributed by atoms with Crippen LogP contribution in [-0.4, -0.2) is 24.5 Å². The van der Waals surface area contributed by atoms with Gasteiger partial charge in [0.05, 0.1) is 17.3 Å². The fraction of sp³-hybridized carbons (Fsp3) is 0.222. The van der Waals surface area contributed by atoms with Crippen molar-refractivity contribution in [3.05, 3.63) is 59.1 Å². The Morgan fingerprint density at radius 1 is 1.22 bits per heavy atom. The first kappa shape index (κ1) is 15.6. The average molecular weight is 326 g/mol. The zero-order valence-corrected chi connectivity index (χ0v) is 14.1. The SMILES string of the molecule is Cc1cccc(NC(=O)C[NH+](C)Cc2nc3ccccc3s2)c1. The average Bonchev–Trinajstić information content (AvgIpc) is 2.88. The van der Waals surface area contributed by atoms with E-state index in [1.54, 1.807) is 11.3 Å². The van der Waals surface area contributed by atoms with Gasteiger partial charge >= 0.3 is 0 Å². The Morgan fingerprint density at radius 2 is 2.04 bits per heavy atom. The topological polar surface area (TPSA) is 46.4 Å². The molecule has 23 heavy (non-hydrogen) atoms. The van der Waals surface area contributed by atoms with Gasteiger partial charge in [-0.1, -0.05) is 24.3 Å². The van der Waals surface area contributed by atoms with Crippen LogP contribution in [0.3, 0.4) is 0 Å². The van der Waals surface area contributed by atoms with Gasteiger partial charge in [-0.05, 0) is 36.8 Å². The number of fused-ring (bicyclic) bond motifs is 1. The minimum Gasteiger partial charge on any atom is -0.324 e. The molecule has 1 atom stereocenters. The van der Waals surface area contributed by atoms with Crippen LogP contribution in [0.1, 0.15) is 10.6 Å². The number of rotatable bonds is 5. The van der Waals surface area contributed by atoms with E-state index in [1.165, 1.54) is 4.70 Å². The lowest BCUT2D eigenvalue weighted by Crippen LogP contribution is -3.08. The van der Waals surface area contributed by atoms with Crippen LogP contribution in [0.5, 0.6) is 0 Å². The molecule has 0 spiro atoms. The van der Waals surface area contributed by atoms with Gasteiger partial charge in [0, 0.05) is 5.69 Å². The van der Waals surface area contributed by atoms with Crippen molar-refractivity contribution in [3.8, 4) is 0 Å². The predicted octanol–water partition coefficient (Wildman–Crippen LogP) is 2.26. The third-order valence-electron chi connectivity index (χ3n) is 3.56. The van der Waals surface area contributed by atoms with Crippen molar-refractivity contribution in [2.45, 2.75) is 13.5 Å². The van der Waals surface area contributed by atoms with Crippen molar-refractivity contribution in [1.29, 1.82) is 0 Å². The molecule has 0 aliphatic carbocycles. The molecule has 1 amide bonds. The first-order valence-corrected chi connectivity index (χ1v) is 8.44. The number of carbonyl (C=O) groups excluding carboxylic acids is 1. The van der Waals surface area contributed by atoms with Gasteiger partial charge in [0.1, 0.15) is 11.6 Å². The summed E-state index contributed by atoms with van der Waals surface area (Å²) in [5, 5.41) is 4.01. The lowest BCUT2D eigenvalue weighted by molar-refractivity contribution is -0.885. The molecule has 5 heteroatoms. The molecule has 0 aliphatic rings. The quantitative estimate of drug-likeness (QED) is 0.755. The van der Waals surface area contributed by atoms with E-state index in [4.69, 9.17) is 0 Å². The summed E-state index contributed by atoms with van der Waals surface area (Å²) in [6.07, 6.45) is 0. The normalized spacial score (nSPS) is 12.3. The molecule has 0 aliphatic heterocycles. The van der Waals surface area contributed by atoms with Crippen LogP contribution in [0.15, 0.2) is 48.5 Å². The van der Waals surface area contributed by atoms with Crippen molar-refractivity contribution in [3.63, 3.8) is 0 Å². The van der Waals surface area contributed by atoms with Crippen LogP contribution in [-0.2, 0) is 11.3 Å². The lowest BCUT2D eigenvalue weighted by atomic mass is 10.2. The van der Waals surface area contributed by atoms with E-state index in [-0.39, 0.29) is 5.91 Å². The highest BCUT2D eigenvalue weighted by Gasteiger charge is 2.13. The molecule has 3 aromatic rings. The third kappa shape index (κ3) is 4.15. The number of amides is 1. The first-order chi connectivity index (χ1) is 11.1. The summed E-state index contributed by atoms with van der Waals surface area (Å²) in [5.41, 5.74) is 3.02. The Morgan fingerprint density at radius 3 is 2.83 bits per heavy atom. The van der Waals surface area contributed by atoms with E-state index in [0.29, 0.717) is 6.54 Å². The van der Waals surface area contributed by atoms with Gasteiger partial charge in [0.2, 0.25) is 0 Å². The second kappa shape index (κ2) is 6.89. The van der Waals surface area contributed by atoms with Gasteiger partial charge in [0.15, 0.2) is 6.54 Å². The zero-order chi connectivity index (χ0) is 16.2. The number of carbonyl (C=O) groups is 1. The maximum absolute atomic E-state index is 12.1. The summed E-state index contributed by atoms with van der Waals surface area (Å²) in [6, 6.07) is 16.0. The number of aryl methyl sites for hydroxylation is 1. The highest BCUT2D eigenvalue weighted by atomic mass is 32.1. The molecule has 1 aromatic heterocycles. The number of likely N-dealkylation sites (N-methyl/N-ethyl adjacent to an activating group) is 1. The van der Waals surface area contributed by atoms with Crippen LogP contribution in [0, 0.1) is 6.92 Å². The molecule has 0 saturated heterocycles. The summed E-state index contributed by atoms with van der Waals surface area (Å²) in [4.78, 5) is 17.9. The minimum atomic E-state index is 0.0224. The van der Waals surface area contributed by atoms with Gasteiger partial charge in [-0.15, -0.1) is 11.3 Å². The second-order valence-electron chi connectivity index (χ2n) is 5.80. The van der Waals surface area contributed by atoms with Crippen LogP contribution in [0.25, 0.3) is 10.2 Å². The third-order valence-corrected chi connectivity index (χ3v) is 4.59. The van der Waals surface area contributed by atoms with E-state index >= 15 is 0 Å². The molecule has 4 nitrogen and oxygen atoms in total. The molecule has 1 heterocycles. The van der Waals surface area contributed by atoms with Gasteiger partial charge in [-0.3, -0.25) is 4.79 Å². The number of nitrogens with zero attached hydrogens (tertiary/aromatic N) is 1. The molecule has 2 aromatic carbocycles. The van der Waals surface area contributed by atoms with Crippen molar-refractivity contribution in [1.82, 2.24) is 4.98 Å². The smallest absolute Gasteiger partial charge is 0.279 e. The molecule has 3 rings (SSSR count). The Hall–Kier alpha value is -2.24. The predicted molar refractivity (Wildman–Crippen MR) is 94.9 cm³/mol. The molecule has 0 radical (unpaired) electrons. The molecule has 2 N–H and O–H groups in total. The molecule has 118 valence electrons. The van der Waals surface area contributed by atoms with Crippen molar-refractivity contribution in [2.24, 2.45) is 0 Å². The number of para-hydroxylation sites is 1. The first-order valence-electron chi connectivity index (χ1n) is 7.62. The van der Waals surface area contributed by atoms with Gasteiger partial charge < -0.3 is 10.2 Å². The largest absolute Gasteiger partial charge is 0.324 e. The molecule has 1 unspecified atom stereocenters. The highest BCUT2D eigenvalue weighted by Crippen LogP contribution is 2.20. The van der Waals surface area contributed by atoms with E-state index < -0.39 is 0 Å². The molecule has 0 saturated carbocycles. The fourth-order valence-corrected chi connectivity index (χ4v) is 3.60. The number of hydrogen-bond donors (Lipinski definition) is 2. The van der Waals surface area contributed by atoms with Gasteiger partial charge in [-0.2, -0.15) is 0 Å². The Labute approximate surface area is 139 Å². The van der Waals surface area contributed by atoms with Gasteiger partial charge in [-0.25, -0.2) is 4.98 Å². The van der Waals surface area contributed by atoms with E-state index in [1.807, 2.05) is 56.4 Å². The molecule has 0 bridgehead atoms. The number of hydrogen-bond acceptors (Lipinski definition) is 3. The van der Waals surface area contributed by atoms with E-state index in [2.05, 4.69) is 16.4 Å². The Kier molecular flexibility index (Phi) is 4.69. The van der Waals surface area contributed by atoms with Crippen molar-refractivity contribution < 1.29 is 9.69 Å². The Bertz CT molecular complexity index is 795. The number of anilines is 1. The monoisotopic (exact) mass is 326 g/mol. The minimum absolute atomic E-state index is 0.0224. The van der Waals surface area contributed by atoms with Crippen LogP contribution in [0.2, 0.25) is 0 Å². The lowest BCUT2D eigenvalue weighted by Gasteiger charge is -2.12. The summed E-state index contributed by atoms with van der Waals surface area (Å²) in [7, 11) is 2.02. The number of aromatic nitrogens is 1. The summed E-state index contributed by atoms with van der Waals surface area (Å²) < 4.78 is 1.19. The maximum Gasteiger partial charge on any atom is 0.279 e. The highest BCUT2D eigenvalue weighted by molar-refractivity contribution is 7.18.